The molecular formula is C14H13BrN2O2S. The van der Waals surface area contributed by atoms with E-state index in [-0.39, 0.29) is 5.56 Å². The normalized spacial score (nSPS) is 10.5. The molecular weight excluding hydrogens is 340 g/mol. The Kier molecular flexibility index (Phi) is 5.14. The molecule has 2 aromatic heterocycles. The van der Waals surface area contributed by atoms with Gasteiger partial charge in [-0.05, 0) is 46.6 Å². The fraction of sp³-hybridized carbons (Fsp3) is 0.214. The van der Waals surface area contributed by atoms with Crippen LogP contribution in [0, 0.1) is 0 Å². The van der Waals surface area contributed by atoms with Gasteiger partial charge in [-0.2, -0.15) is 0 Å². The summed E-state index contributed by atoms with van der Waals surface area (Å²) in [7, 11) is 0. The molecule has 4 nitrogen and oxygen atoms in total. The Labute approximate surface area is 129 Å². The molecule has 0 spiro atoms. The third kappa shape index (κ3) is 4.05. The average Bonchev–Trinajstić information content (AvgIpc) is 2.41. The van der Waals surface area contributed by atoms with Gasteiger partial charge >= 0.3 is 5.97 Å². The van der Waals surface area contributed by atoms with Gasteiger partial charge in [-0.3, -0.25) is 0 Å². The van der Waals surface area contributed by atoms with E-state index in [1.165, 1.54) is 11.8 Å². The van der Waals surface area contributed by atoms with Crippen molar-refractivity contribution in [3.8, 4) is 0 Å². The molecule has 20 heavy (non-hydrogen) atoms. The maximum atomic E-state index is 11.1. The van der Waals surface area contributed by atoms with Gasteiger partial charge in [0.25, 0.3) is 0 Å². The number of nitrogens with zero attached hydrogens (tertiary/aromatic N) is 2. The van der Waals surface area contributed by atoms with Crippen LogP contribution in [0.15, 0.2) is 45.0 Å². The van der Waals surface area contributed by atoms with E-state index in [2.05, 4.69) is 25.9 Å². The topological polar surface area (TPSA) is 63.1 Å². The minimum absolute atomic E-state index is 0.267. The highest BCUT2D eigenvalue weighted by Crippen LogP contribution is 2.26. The minimum Gasteiger partial charge on any atom is -0.478 e. The van der Waals surface area contributed by atoms with Crippen LogP contribution in [0.25, 0.3) is 0 Å². The minimum atomic E-state index is -0.935. The number of rotatable bonds is 5. The number of hydrogen-bond acceptors (Lipinski definition) is 4. The zero-order valence-corrected chi connectivity index (χ0v) is 13.2. The molecule has 0 amide bonds. The molecule has 0 aliphatic heterocycles. The van der Waals surface area contributed by atoms with Gasteiger partial charge < -0.3 is 5.11 Å². The van der Waals surface area contributed by atoms with Gasteiger partial charge in [-0.15, -0.1) is 0 Å². The zero-order valence-electron chi connectivity index (χ0n) is 10.8. The summed E-state index contributed by atoms with van der Waals surface area (Å²) >= 11 is 4.69. The van der Waals surface area contributed by atoms with E-state index in [4.69, 9.17) is 5.11 Å². The van der Waals surface area contributed by atoms with Crippen molar-refractivity contribution in [1.82, 2.24) is 9.97 Å². The fourth-order valence-electron chi connectivity index (χ4n) is 1.65. The zero-order chi connectivity index (χ0) is 14.5. The monoisotopic (exact) mass is 352 g/mol. The Morgan fingerprint density at radius 1 is 1.35 bits per heavy atom. The second-order valence-electron chi connectivity index (χ2n) is 4.16. The Morgan fingerprint density at radius 3 is 2.75 bits per heavy atom. The molecule has 0 saturated carbocycles. The average molecular weight is 353 g/mol. The van der Waals surface area contributed by atoms with E-state index in [9.17, 15) is 4.79 Å². The van der Waals surface area contributed by atoms with Crippen molar-refractivity contribution in [2.45, 2.75) is 29.8 Å². The Balaban J connectivity index is 2.29. The summed E-state index contributed by atoms with van der Waals surface area (Å²) in [6.45, 7) is 2.04. The van der Waals surface area contributed by atoms with Crippen molar-refractivity contribution in [3.63, 3.8) is 0 Å². The van der Waals surface area contributed by atoms with E-state index in [0.29, 0.717) is 5.03 Å². The first-order valence-electron chi connectivity index (χ1n) is 6.12. The van der Waals surface area contributed by atoms with Crippen LogP contribution in [0.5, 0.6) is 0 Å². The molecule has 6 heteroatoms. The number of pyridine rings is 2. The van der Waals surface area contributed by atoms with Gasteiger partial charge in [0.1, 0.15) is 10.1 Å². The van der Waals surface area contributed by atoms with Crippen LogP contribution in [0.2, 0.25) is 0 Å². The first kappa shape index (κ1) is 15.0. The van der Waals surface area contributed by atoms with Crippen LogP contribution in [0.4, 0.5) is 0 Å². The first-order valence-corrected chi connectivity index (χ1v) is 7.73. The number of aromatic carboxylic acids is 1. The van der Waals surface area contributed by atoms with Crippen LogP contribution in [0.1, 0.15) is 29.4 Å². The Hall–Kier alpha value is -1.40. The maximum Gasteiger partial charge on any atom is 0.335 e. The summed E-state index contributed by atoms with van der Waals surface area (Å²) in [6, 6.07) is 6.97. The Morgan fingerprint density at radius 2 is 2.15 bits per heavy atom. The summed E-state index contributed by atoms with van der Waals surface area (Å²) in [5.74, 6) is -0.935. The molecule has 2 rings (SSSR count). The predicted octanol–water partition coefficient (Wildman–Crippen LogP) is 4.04. The Bertz CT molecular complexity index is 617. The van der Waals surface area contributed by atoms with E-state index in [0.717, 1.165) is 28.0 Å². The molecule has 0 saturated heterocycles. The molecule has 0 bridgehead atoms. The molecule has 2 aromatic rings. The number of halogens is 1. The van der Waals surface area contributed by atoms with Crippen molar-refractivity contribution in [1.29, 1.82) is 0 Å². The summed E-state index contributed by atoms with van der Waals surface area (Å²) in [5, 5.41) is 10.6. The second-order valence-corrected chi connectivity index (χ2v) is 6.11. The van der Waals surface area contributed by atoms with Gasteiger partial charge in [-0.25, -0.2) is 14.8 Å². The maximum absolute atomic E-state index is 11.1. The molecule has 0 unspecified atom stereocenters. The summed E-state index contributed by atoms with van der Waals surface area (Å²) < 4.78 is 0.903. The highest BCUT2D eigenvalue weighted by Gasteiger charge is 2.10. The molecule has 0 aliphatic carbocycles. The lowest BCUT2D eigenvalue weighted by atomic mass is 10.2. The van der Waals surface area contributed by atoms with Gasteiger partial charge in [0.05, 0.1) is 5.56 Å². The molecule has 104 valence electrons. The van der Waals surface area contributed by atoms with Gasteiger partial charge in [-0.1, -0.05) is 25.1 Å². The highest BCUT2D eigenvalue weighted by molar-refractivity contribution is 9.10. The van der Waals surface area contributed by atoms with E-state index < -0.39 is 5.97 Å². The highest BCUT2D eigenvalue weighted by atomic mass is 79.9. The molecule has 0 aliphatic rings. The lowest BCUT2D eigenvalue weighted by Crippen LogP contribution is -2.01. The van der Waals surface area contributed by atoms with Gasteiger partial charge in [0, 0.05) is 16.4 Å². The molecule has 0 aromatic carbocycles. The molecule has 0 radical (unpaired) electrons. The first-order chi connectivity index (χ1) is 9.58. The third-order valence-electron chi connectivity index (χ3n) is 2.52. The summed E-state index contributed by atoms with van der Waals surface area (Å²) in [5.41, 5.74) is 1.06. The predicted molar refractivity (Wildman–Crippen MR) is 81.3 cm³/mol. The molecule has 0 atom stereocenters. The fourth-order valence-corrected chi connectivity index (χ4v) is 2.69. The van der Waals surface area contributed by atoms with Crippen molar-refractivity contribution in [2.24, 2.45) is 0 Å². The second kappa shape index (κ2) is 6.85. The smallest absolute Gasteiger partial charge is 0.335 e. The number of hydrogen-bond donors (Lipinski definition) is 1. The van der Waals surface area contributed by atoms with E-state index in [1.807, 2.05) is 19.1 Å². The van der Waals surface area contributed by atoms with Crippen molar-refractivity contribution in [2.75, 3.05) is 0 Å². The van der Waals surface area contributed by atoms with Crippen LogP contribution < -0.4 is 0 Å². The van der Waals surface area contributed by atoms with Crippen molar-refractivity contribution in [3.05, 3.63) is 46.2 Å². The van der Waals surface area contributed by atoms with Crippen molar-refractivity contribution >= 4 is 33.7 Å². The lowest BCUT2D eigenvalue weighted by molar-refractivity contribution is 0.0696. The van der Waals surface area contributed by atoms with Crippen molar-refractivity contribution < 1.29 is 9.90 Å². The standard InChI is InChI=1S/C14H13BrN2O2S/c1-2-3-11-6-9(14(18)19)7-13(17-11)20-12-5-4-10(15)8-16-12/h4-8H,2-3H2,1H3,(H,18,19). The SMILES string of the molecule is CCCc1cc(C(=O)O)cc(Sc2ccc(Br)cn2)n1. The van der Waals surface area contributed by atoms with E-state index >= 15 is 0 Å². The molecule has 1 N–H and O–H groups in total. The van der Waals surface area contributed by atoms with Crippen LogP contribution in [0.3, 0.4) is 0 Å². The van der Waals surface area contributed by atoms with Crippen LogP contribution >= 0.6 is 27.7 Å². The molecule has 2 heterocycles. The molecule has 0 fully saturated rings. The number of aromatic nitrogens is 2. The number of aryl methyl sites for hydroxylation is 1. The quantitative estimate of drug-likeness (QED) is 0.879. The number of carboxylic acids is 1. The van der Waals surface area contributed by atoms with Gasteiger partial charge in [0.2, 0.25) is 0 Å². The van der Waals surface area contributed by atoms with E-state index in [1.54, 1.807) is 18.3 Å². The lowest BCUT2D eigenvalue weighted by Gasteiger charge is -2.06. The largest absolute Gasteiger partial charge is 0.478 e. The van der Waals surface area contributed by atoms with Crippen LogP contribution in [-0.2, 0) is 6.42 Å². The van der Waals surface area contributed by atoms with Crippen LogP contribution in [-0.4, -0.2) is 21.0 Å². The number of carboxylic acid groups (broad SMARTS) is 1. The third-order valence-corrected chi connectivity index (χ3v) is 3.86. The number of carbonyl (C=O) groups is 1. The van der Waals surface area contributed by atoms with Gasteiger partial charge in [0.15, 0.2) is 0 Å². The summed E-state index contributed by atoms with van der Waals surface area (Å²) in [6.07, 6.45) is 3.40. The summed E-state index contributed by atoms with van der Waals surface area (Å²) in [4.78, 5) is 19.9.